The first-order valence-corrected chi connectivity index (χ1v) is 0.866. The summed E-state index contributed by atoms with van der Waals surface area (Å²) >= 11 is 0. The van der Waals surface area contributed by atoms with Crippen LogP contribution in [-0.2, 0) is 0 Å². The normalized spacial score (nSPS) is 1.20. The van der Waals surface area contributed by atoms with Crippen LogP contribution in [0.3, 0.4) is 0 Å². The minimum atomic E-state index is 0. The Hall–Kier alpha value is 2.92. The molecule has 0 aromatic rings. The first kappa shape index (κ1) is 24.7. The van der Waals surface area contributed by atoms with Crippen molar-refractivity contribution >= 4 is 19.3 Å². The molecule has 1 nitrogen and oxygen atoms in total. The van der Waals surface area contributed by atoms with Gasteiger partial charge in [0.15, 0.2) is 0 Å². The summed E-state index contributed by atoms with van der Waals surface area (Å²) in [5.74, 6) is 0. The van der Waals surface area contributed by atoms with Gasteiger partial charge in [0.05, 0.1) is 0 Å². The smallest absolute Gasteiger partial charge is 0 e. The summed E-state index contributed by atoms with van der Waals surface area (Å²) in [5.41, 5.74) is 5.67. The molecule has 0 amide bonds. The van der Waals surface area contributed by atoms with E-state index < -0.39 is 0 Å². The Morgan fingerprint density at radius 2 is 1.00 bits per heavy atom. The average Bonchev–Trinajstić information content (AvgIpc) is 1.00. The number of hydrogen-bond acceptors (Lipinski definition) is 0. The van der Waals surface area contributed by atoms with Crippen LogP contribution in [0.1, 0.15) is 0 Å². The maximum atomic E-state index is 5.67. The topological polar surface area (TPSA) is 23.8 Å². The third kappa shape index (κ3) is 19.6. The molecular formula is H6NP2U2-. The van der Waals surface area contributed by atoms with Crippen LogP contribution in [0.5, 0.6) is 0 Å². The van der Waals surface area contributed by atoms with E-state index in [1.54, 1.807) is 9.39 Å². The Morgan fingerprint density at radius 1 is 1.00 bits per heavy atom. The number of rotatable bonds is 0. The minimum absolute atomic E-state index is 0. The summed E-state index contributed by atoms with van der Waals surface area (Å²) in [6.45, 7) is 0. The molecule has 0 rings (SSSR count). The van der Waals surface area contributed by atoms with E-state index in [1.165, 1.54) is 0 Å². The fourth-order valence-electron chi connectivity index (χ4n) is 0. The molecule has 1 N–H and O–H groups in total. The molecule has 5 heteroatoms. The Balaban J connectivity index is -0.00000000167. The minimum Gasteiger partial charge on any atom is -0.657 e. The van der Waals surface area contributed by atoms with Crippen LogP contribution in [0.2, 0.25) is 0 Å². The van der Waals surface area contributed by atoms with Crippen LogP contribution < -0.4 is 0 Å². The summed E-state index contributed by atoms with van der Waals surface area (Å²) < 4.78 is 0. The first-order valence-electron chi connectivity index (χ1n) is 0.289. The Bertz CT molecular complexity index is 7.61. The zero-order valence-electron chi connectivity index (χ0n) is 2.78. The van der Waals surface area contributed by atoms with Crippen LogP contribution in [-0.4, -0.2) is 0 Å². The maximum absolute atomic E-state index is 5.67. The van der Waals surface area contributed by atoms with E-state index in [0.717, 1.165) is 0 Å². The largest absolute Gasteiger partial charge is 0.657 e. The molecule has 0 saturated carbocycles. The van der Waals surface area contributed by atoms with Gasteiger partial charge in [-0.3, -0.25) is 9.39 Å². The van der Waals surface area contributed by atoms with Crippen molar-refractivity contribution in [1.29, 1.82) is 0 Å². The second kappa shape index (κ2) is 28.4. The molecule has 0 radical (unpaired) electrons. The molecule has 0 aromatic heterocycles. The molecule has 0 aliphatic rings. The fourth-order valence-corrected chi connectivity index (χ4v) is 0. The fraction of sp³-hybridized carbons (Fsp3) is 0. The van der Waals surface area contributed by atoms with Gasteiger partial charge in [-0.25, -0.2) is 0 Å². The van der Waals surface area contributed by atoms with Gasteiger partial charge in [-0.15, -0.1) is 0 Å². The molecule has 0 aliphatic heterocycles. The molecule has 0 saturated heterocycles. The number of hydrogen-bond donors (Lipinski definition) is 0. The summed E-state index contributed by atoms with van der Waals surface area (Å²) in [6, 6.07) is 0. The molecule has 5 heavy (non-hydrogen) atoms. The van der Waals surface area contributed by atoms with E-state index in [4.69, 9.17) is 5.50 Å². The second-order valence-electron chi connectivity index (χ2n) is 0. The van der Waals surface area contributed by atoms with Gasteiger partial charge in [0.2, 0.25) is 0 Å². The monoisotopic (exact) mass is 558 g/mol. The average molecular weight is 558 g/mol. The third-order valence-electron chi connectivity index (χ3n) is 0. The molecule has 2 atom stereocenters. The summed E-state index contributed by atoms with van der Waals surface area (Å²) in [5, 5.41) is 0. The van der Waals surface area contributed by atoms with Crippen molar-refractivity contribution in [2.24, 2.45) is 0 Å². The molecule has 0 bridgehead atoms. The van der Waals surface area contributed by atoms with Crippen molar-refractivity contribution in [2.75, 3.05) is 0 Å². The molecule has 0 fully saturated rings. The van der Waals surface area contributed by atoms with Gasteiger partial charge in [0.25, 0.3) is 0 Å². The molecule has 0 aliphatic carbocycles. The Morgan fingerprint density at radius 3 is 1.00 bits per heavy atom. The zero-order valence-corrected chi connectivity index (χ0v) is 13.7. The quantitative estimate of drug-likeness (QED) is 0.395. The van der Waals surface area contributed by atoms with Gasteiger partial charge in [-0.05, 0) is 0 Å². The third-order valence-corrected chi connectivity index (χ3v) is 0. The van der Waals surface area contributed by atoms with Crippen molar-refractivity contribution in [2.45, 2.75) is 0 Å². The van der Waals surface area contributed by atoms with Gasteiger partial charge >= 0.3 is 0 Å². The molecule has 0 heterocycles. The standard InChI is InChI=1S/H3NP.H3P.2U/c1-2;;;/h1H,2H2;1H3;;/q-1;;;. The van der Waals surface area contributed by atoms with Gasteiger partial charge in [0, 0.05) is 62.2 Å². The van der Waals surface area contributed by atoms with Crippen LogP contribution >= 0.6 is 19.3 Å². The van der Waals surface area contributed by atoms with E-state index >= 15 is 0 Å². The van der Waals surface area contributed by atoms with Crippen molar-refractivity contribution in [3.05, 3.63) is 5.50 Å². The van der Waals surface area contributed by atoms with Crippen molar-refractivity contribution in [3.63, 3.8) is 0 Å². The van der Waals surface area contributed by atoms with E-state index in [-0.39, 0.29) is 72.1 Å². The van der Waals surface area contributed by atoms with Gasteiger partial charge in [-0.1, -0.05) is 0 Å². The SMILES string of the molecule is P.[NH-]P.[U].[U]. The van der Waals surface area contributed by atoms with Crippen LogP contribution in [0.25, 0.3) is 5.50 Å². The second-order valence-corrected chi connectivity index (χ2v) is 0. The molecule has 30 valence electrons. The number of nitrogens with one attached hydrogen (secondary N) is 1. The first-order chi connectivity index (χ1) is 1.00. The molecule has 2 unspecified atom stereocenters. The van der Waals surface area contributed by atoms with Crippen molar-refractivity contribution < 1.29 is 62.2 Å². The van der Waals surface area contributed by atoms with Gasteiger partial charge in [-0.2, -0.15) is 9.90 Å². The van der Waals surface area contributed by atoms with Crippen LogP contribution in [0.15, 0.2) is 0 Å². The zero-order chi connectivity index (χ0) is 2.00. The summed E-state index contributed by atoms with van der Waals surface area (Å²) in [4.78, 5) is 0. The Labute approximate surface area is 85.6 Å². The van der Waals surface area contributed by atoms with Crippen LogP contribution in [0.4, 0.5) is 0 Å². The predicted octanol–water partition coefficient (Wildman–Crippen LogP) is 0.887. The molecule has 0 aromatic carbocycles. The van der Waals surface area contributed by atoms with E-state index in [0.29, 0.717) is 0 Å². The summed E-state index contributed by atoms with van der Waals surface area (Å²) in [7, 11) is 1.67. The molecular weight excluding hydrogens is 552 g/mol. The van der Waals surface area contributed by atoms with Gasteiger partial charge in [0.1, 0.15) is 0 Å². The van der Waals surface area contributed by atoms with E-state index in [1.807, 2.05) is 0 Å². The predicted molar refractivity (Wildman–Crippen MR) is 25.1 cm³/mol. The van der Waals surface area contributed by atoms with Crippen molar-refractivity contribution in [3.8, 4) is 0 Å². The van der Waals surface area contributed by atoms with E-state index in [9.17, 15) is 0 Å². The van der Waals surface area contributed by atoms with Crippen molar-refractivity contribution in [1.82, 2.24) is 0 Å². The van der Waals surface area contributed by atoms with Gasteiger partial charge < -0.3 is 5.50 Å². The Kier molecular flexibility index (Phi) is 140. The van der Waals surface area contributed by atoms with E-state index in [2.05, 4.69) is 0 Å². The molecule has 0 spiro atoms. The van der Waals surface area contributed by atoms with Crippen LogP contribution in [0, 0.1) is 62.2 Å². The summed E-state index contributed by atoms with van der Waals surface area (Å²) in [6.07, 6.45) is 0. The maximum Gasteiger partial charge on any atom is 0 e.